The summed E-state index contributed by atoms with van der Waals surface area (Å²) >= 11 is 0. The van der Waals surface area contributed by atoms with Gasteiger partial charge in [0.2, 0.25) is 0 Å². The van der Waals surface area contributed by atoms with Crippen LogP contribution in [0.3, 0.4) is 0 Å². The molecular formula is C8H9NO4S2. The Hall–Kier alpha value is -1.21. The van der Waals surface area contributed by atoms with E-state index < -0.39 is 20.5 Å². The Kier molecular flexibility index (Phi) is 3.59. The van der Waals surface area contributed by atoms with Gasteiger partial charge >= 0.3 is 10.5 Å². The van der Waals surface area contributed by atoms with Crippen LogP contribution in [0.15, 0.2) is 32.9 Å². The van der Waals surface area contributed by atoms with Gasteiger partial charge in [0.1, 0.15) is 0 Å². The lowest BCUT2D eigenvalue weighted by Gasteiger charge is -2.02. The fraction of sp³-hybridized carbons (Fsp3) is 0.250. The number of hydrogen-bond donors (Lipinski definition) is 0. The zero-order valence-electron chi connectivity index (χ0n) is 7.91. The van der Waals surface area contributed by atoms with Crippen LogP contribution >= 0.6 is 0 Å². The third-order valence-corrected chi connectivity index (χ3v) is 4.02. The van der Waals surface area contributed by atoms with Gasteiger partial charge in [-0.05, 0) is 21.8 Å². The van der Waals surface area contributed by atoms with Gasteiger partial charge in [-0.25, -0.2) is 0 Å². The van der Waals surface area contributed by atoms with Crippen LogP contribution in [0.1, 0.15) is 12.5 Å². The highest BCUT2D eigenvalue weighted by molar-refractivity contribution is 7.94. The van der Waals surface area contributed by atoms with Crippen molar-refractivity contribution in [2.75, 3.05) is 0 Å². The molecule has 0 saturated heterocycles. The van der Waals surface area contributed by atoms with Gasteiger partial charge < -0.3 is 0 Å². The zero-order chi connectivity index (χ0) is 11.5. The van der Waals surface area contributed by atoms with Gasteiger partial charge in [0, 0.05) is 0 Å². The van der Waals surface area contributed by atoms with E-state index in [1.807, 2.05) is 0 Å². The lowest BCUT2D eigenvalue weighted by Crippen LogP contribution is -2.00. The molecule has 5 nitrogen and oxygen atoms in total. The quantitative estimate of drug-likeness (QED) is 0.798. The van der Waals surface area contributed by atoms with E-state index >= 15 is 0 Å². The maximum absolute atomic E-state index is 11.5. The molecule has 0 saturated carbocycles. The molecule has 0 aromatic heterocycles. The van der Waals surface area contributed by atoms with Gasteiger partial charge in [-0.1, -0.05) is 25.1 Å². The molecule has 1 aromatic rings. The summed E-state index contributed by atoms with van der Waals surface area (Å²) in [5.74, 6) is 0. The summed E-state index contributed by atoms with van der Waals surface area (Å²) in [4.78, 5) is -0.0586. The minimum absolute atomic E-state index is 0.0586. The summed E-state index contributed by atoms with van der Waals surface area (Å²) in [7, 11) is -7.05. The van der Waals surface area contributed by atoms with Gasteiger partial charge in [0.05, 0.1) is 4.90 Å². The second-order valence-electron chi connectivity index (χ2n) is 2.73. The number of nitrogens with zero attached hydrogens (tertiary/aromatic N) is 1. The predicted molar refractivity (Wildman–Crippen MR) is 54.4 cm³/mol. The lowest BCUT2D eigenvalue weighted by atomic mass is 10.2. The maximum atomic E-state index is 11.5. The first-order valence-corrected chi connectivity index (χ1v) is 6.60. The minimum Gasteiger partial charge on any atom is -0.198 e. The average molecular weight is 247 g/mol. The third kappa shape index (κ3) is 2.87. The van der Waals surface area contributed by atoms with Crippen molar-refractivity contribution >= 4 is 20.5 Å². The summed E-state index contributed by atoms with van der Waals surface area (Å²) in [5.41, 5.74) is 0.548. The van der Waals surface area contributed by atoms with E-state index in [0.717, 1.165) is 0 Å². The first-order chi connectivity index (χ1) is 6.97. The van der Waals surface area contributed by atoms with Crippen LogP contribution in [0.5, 0.6) is 0 Å². The van der Waals surface area contributed by atoms with Gasteiger partial charge in [-0.15, -0.1) is 0 Å². The lowest BCUT2D eigenvalue weighted by molar-refractivity contribution is 0.595. The summed E-state index contributed by atoms with van der Waals surface area (Å²) in [6.07, 6.45) is 0.496. The molecule has 82 valence electrons. The standard InChI is InChI=1S/C8H9NO4S2/c1-2-7-5-3-4-6-8(7)15(12,13)9-14(10)11/h3-6H,2H2,1H3. The molecule has 1 aromatic carbocycles. The summed E-state index contributed by atoms with van der Waals surface area (Å²) in [5, 5.41) is 0. The second-order valence-corrected chi connectivity index (χ2v) is 5.15. The zero-order valence-corrected chi connectivity index (χ0v) is 9.55. The Morgan fingerprint density at radius 1 is 1.27 bits per heavy atom. The number of hydrogen-bond acceptors (Lipinski definition) is 4. The molecule has 0 atom stereocenters. The molecule has 0 aliphatic carbocycles. The Morgan fingerprint density at radius 3 is 2.40 bits per heavy atom. The Labute approximate surface area is 89.5 Å². The Balaban J connectivity index is 3.47. The van der Waals surface area contributed by atoms with Crippen LogP contribution in [0.25, 0.3) is 0 Å². The monoisotopic (exact) mass is 247 g/mol. The molecule has 0 fully saturated rings. The summed E-state index contributed by atoms with van der Waals surface area (Å²) < 4.78 is 46.1. The van der Waals surface area contributed by atoms with Gasteiger partial charge in [0.25, 0.3) is 10.0 Å². The molecule has 0 heterocycles. The van der Waals surface area contributed by atoms with Crippen LogP contribution in [0, 0.1) is 0 Å². The highest BCUT2D eigenvalue weighted by Crippen LogP contribution is 2.17. The van der Waals surface area contributed by atoms with Crippen LogP contribution in [-0.2, 0) is 26.9 Å². The van der Waals surface area contributed by atoms with E-state index in [4.69, 9.17) is 0 Å². The van der Waals surface area contributed by atoms with Crippen LogP contribution < -0.4 is 0 Å². The van der Waals surface area contributed by atoms with Gasteiger partial charge in [-0.3, -0.25) is 0 Å². The molecular weight excluding hydrogens is 238 g/mol. The van der Waals surface area contributed by atoms with E-state index in [9.17, 15) is 16.8 Å². The number of benzene rings is 1. The number of sulfonamides is 1. The second kappa shape index (κ2) is 4.54. The van der Waals surface area contributed by atoms with Crippen molar-refractivity contribution in [1.29, 1.82) is 0 Å². The Morgan fingerprint density at radius 2 is 1.87 bits per heavy atom. The van der Waals surface area contributed by atoms with Crippen molar-refractivity contribution in [3.05, 3.63) is 29.8 Å². The largest absolute Gasteiger partial charge is 0.327 e. The first-order valence-electron chi connectivity index (χ1n) is 4.12. The molecule has 1 rings (SSSR count). The molecule has 7 heteroatoms. The van der Waals surface area contributed by atoms with Gasteiger partial charge in [0.15, 0.2) is 0 Å². The van der Waals surface area contributed by atoms with Crippen molar-refractivity contribution in [2.24, 2.45) is 3.77 Å². The number of rotatable bonds is 3. The molecule has 0 aliphatic heterocycles. The summed E-state index contributed by atoms with van der Waals surface area (Å²) in [6, 6.07) is 6.17. The van der Waals surface area contributed by atoms with Crippen LogP contribution in [-0.4, -0.2) is 16.8 Å². The highest BCUT2D eigenvalue weighted by atomic mass is 32.2. The van der Waals surface area contributed by atoms with E-state index in [-0.39, 0.29) is 4.90 Å². The van der Waals surface area contributed by atoms with Crippen molar-refractivity contribution in [3.63, 3.8) is 0 Å². The van der Waals surface area contributed by atoms with E-state index in [1.54, 1.807) is 19.1 Å². The van der Waals surface area contributed by atoms with Crippen LogP contribution in [0.4, 0.5) is 0 Å². The maximum Gasteiger partial charge on any atom is 0.327 e. The van der Waals surface area contributed by atoms with Crippen molar-refractivity contribution in [1.82, 2.24) is 0 Å². The van der Waals surface area contributed by atoms with Crippen LogP contribution in [0.2, 0.25) is 0 Å². The van der Waals surface area contributed by atoms with Gasteiger partial charge in [-0.2, -0.15) is 16.8 Å². The average Bonchev–Trinajstić information content (AvgIpc) is 2.16. The highest BCUT2D eigenvalue weighted by Gasteiger charge is 2.16. The van der Waals surface area contributed by atoms with Crippen molar-refractivity contribution in [2.45, 2.75) is 18.2 Å². The molecule has 0 bridgehead atoms. The normalized spacial score (nSPS) is 11.0. The van der Waals surface area contributed by atoms with E-state index in [2.05, 4.69) is 3.77 Å². The minimum atomic E-state index is -4.09. The first kappa shape index (κ1) is 11.9. The fourth-order valence-corrected chi connectivity index (χ4v) is 2.92. The molecule has 0 N–H and O–H groups in total. The van der Waals surface area contributed by atoms with E-state index in [0.29, 0.717) is 12.0 Å². The SMILES string of the molecule is CCc1ccccc1S(=O)(=O)N=S(=O)=O. The third-order valence-electron chi connectivity index (χ3n) is 1.79. The predicted octanol–water partition coefficient (Wildman–Crippen LogP) is 1.00. The number of aryl methyl sites for hydroxylation is 1. The molecule has 0 radical (unpaired) electrons. The smallest absolute Gasteiger partial charge is 0.198 e. The fourth-order valence-electron chi connectivity index (χ4n) is 1.17. The molecule has 0 spiro atoms. The van der Waals surface area contributed by atoms with Crippen molar-refractivity contribution < 1.29 is 16.8 Å². The molecule has 0 unspecified atom stereocenters. The topological polar surface area (TPSA) is 80.6 Å². The molecule has 0 aliphatic rings. The van der Waals surface area contributed by atoms with Crippen molar-refractivity contribution in [3.8, 4) is 0 Å². The summed E-state index contributed by atoms with van der Waals surface area (Å²) in [6.45, 7) is 1.78. The molecule has 15 heavy (non-hydrogen) atoms. The Bertz CT molecular complexity index is 579. The molecule has 0 amide bonds. The van der Waals surface area contributed by atoms with E-state index in [1.165, 1.54) is 12.1 Å².